The van der Waals surface area contributed by atoms with Crippen LogP contribution in [-0.2, 0) is 22.6 Å². The topological polar surface area (TPSA) is 58.6 Å². The van der Waals surface area contributed by atoms with Crippen molar-refractivity contribution in [1.29, 1.82) is 0 Å². The third kappa shape index (κ3) is 5.99. The smallest absolute Gasteiger partial charge is 0.242 e. The summed E-state index contributed by atoms with van der Waals surface area (Å²) in [6, 6.07) is 14.2. The maximum absolute atomic E-state index is 13.2. The van der Waals surface area contributed by atoms with Crippen molar-refractivity contribution in [3.63, 3.8) is 0 Å². The minimum atomic E-state index is -0.544. The van der Waals surface area contributed by atoms with Crippen molar-refractivity contribution in [2.45, 2.75) is 39.3 Å². The fourth-order valence-corrected chi connectivity index (χ4v) is 3.32. The lowest BCUT2D eigenvalue weighted by molar-refractivity contribution is -0.140. The first-order valence-electron chi connectivity index (χ1n) is 9.43. The van der Waals surface area contributed by atoms with Crippen molar-refractivity contribution >= 4 is 23.4 Å². The normalized spacial score (nSPS) is 11.6. The minimum Gasteiger partial charge on any atom is -0.497 e. The van der Waals surface area contributed by atoms with Crippen LogP contribution in [0.2, 0.25) is 5.02 Å². The summed E-state index contributed by atoms with van der Waals surface area (Å²) in [6.45, 7) is 4.62. The Morgan fingerprint density at radius 3 is 2.46 bits per heavy atom. The van der Waals surface area contributed by atoms with E-state index in [9.17, 15) is 9.59 Å². The van der Waals surface area contributed by atoms with Crippen LogP contribution in [0.15, 0.2) is 48.5 Å². The van der Waals surface area contributed by atoms with E-state index >= 15 is 0 Å². The number of benzene rings is 2. The molecule has 0 aliphatic heterocycles. The highest BCUT2D eigenvalue weighted by Gasteiger charge is 2.28. The molecule has 0 saturated heterocycles. The molecule has 1 unspecified atom stereocenters. The van der Waals surface area contributed by atoms with Gasteiger partial charge in [-0.3, -0.25) is 9.59 Å². The molecule has 6 heteroatoms. The van der Waals surface area contributed by atoms with Gasteiger partial charge in [0.25, 0.3) is 0 Å². The number of rotatable bonds is 9. The molecule has 0 aliphatic rings. The molecule has 2 amide bonds. The average molecular weight is 403 g/mol. The van der Waals surface area contributed by atoms with Crippen LogP contribution < -0.4 is 10.1 Å². The van der Waals surface area contributed by atoms with Crippen molar-refractivity contribution in [2.75, 3.05) is 13.7 Å². The van der Waals surface area contributed by atoms with E-state index in [-0.39, 0.29) is 18.2 Å². The second kappa shape index (κ2) is 10.7. The Hall–Kier alpha value is -2.53. The number of nitrogens with one attached hydrogen (secondary N) is 1. The van der Waals surface area contributed by atoms with Crippen LogP contribution >= 0.6 is 11.6 Å². The van der Waals surface area contributed by atoms with Crippen LogP contribution in [0.3, 0.4) is 0 Å². The van der Waals surface area contributed by atoms with Gasteiger partial charge in [0.1, 0.15) is 11.8 Å². The fourth-order valence-electron chi connectivity index (χ4n) is 3.10. The number of carbonyl (C=O) groups is 2. The van der Waals surface area contributed by atoms with Crippen molar-refractivity contribution in [2.24, 2.45) is 0 Å². The third-order valence-electron chi connectivity index (χ3n) is 4.47. The molecule has 0 fully saturated rings. The molecule has 0 bridgehead atoms. The van der Waals surface area contributed by atoms with Crippen LogP contribution in [0.5, 0.6) is 5.75 Å². The zero-order valence-electron chi connectivity index (χ0n) is 16.6. The van der Waals surface area contributed by atoms with E-state index in [1.165, 1.54) is 0 Å². The molecule has 28 heavy (non-hydrogen) atoms. The first-order valence-corrected chi connectivity index (χ1v) is 9.80. The molecule has 0 radical (unpaired) electrons. The largest absolute Gasteiger partial charge is 0.497 e. The Kier molecular flexibility index (Phi) is 8.33. The zero-order valence-corrected chi connectivity index (χ0v) is 17.3. The average Bonchev–Trinajstić information content (AvgIpc) is 2.68. The maximum atomic E-state index is 13.2. The number of ether oxygens (including phenoxy) is 1. The van der Waals surface area contributed by atoms with Gasteiger partial charge in [-0.1, -0.05) is 42.8 Å². The van der Waals surface area contributed by atoms with Gasteiger partial charge in [0.15, 0.2) is 0 Å². The van der Waals surface area contributed by atoms with Crippen LogP contribution in [0.25, 0.3) is 0 Å². The van der Waals surface area contributed by atoms with E-state index in [1.54, 1.807) is 24.1 Å². The van der Waals surface area contributed by atoms with Crippen molar-refractivity contribution in [3.05, 3.63) is 64.7 Å². The first-order chi connectivity index (χ1) is 13.5. The number of nitrogens with zero attached hydrogens (tertiary/aromatic N) is 1. The Morgan fingerprint density at radius 2 is 1.82 bits per heavy atom. The predicted octanol–water partition coefficient (Wildman–Crippen LogP) is 3.83. The molecular weight excluding hydrogens is 376 g/mol. The van der Waals surface area contributed by atoms with Gasteiger partial charge in [-0.05, 0) is 48.7 Å². The number of carbonyl (C=O) groups excluding carboxylic acids is 2. The summed E-state index contributed by atoms with van der Waals surface area (Å²) < 4.78 is 5.28. The Bertz CT molecular complexity index is 810. The van der Waals surface area contributed by atoms with E-state index in [2.05, 4.69) is 5.32 Å². The summed E-state index contributed by atoms with van der Waals surface area (Å²) in [6.07, 6.45) is 0.706. The standard InChI is InChI=1S/C22H27ClN2O3/c1-4-20(22(27)24-5-2)25(15-17-9-7-11-19(13-17)28-3)21(26)14-16-8-6-10-18(23)12-16/h6-13,20H,4-5,14-15H2,1-3H3,(H,24,27). The molecule has 2 rings (SSSR count). The van der Waals surface area contributed by atoms with E-state index in [0.717, 1.165) is 11.1 Å². The third-order valence-corrected chi connectivity index (χ3v) is 4.70. The molecule has 0 aromatic heterocycles. The summed E-state index contributed by atoms with van der Waals surface area (Å²) in [7, 11) is 1.60. The summed E-state index contributed by atoms with van der Waals surface area (Å²) in [5, 5.41) is 3.42. The van der Waals surface area contributed by atoms with Crippen LogP contribution in [0.1, 0.15) is 31.4 Å². The van der Waals surface area contributed by atoms with Crippen LogP contribution in [0.4, 0.5) is 0 Å². The first kappa shape index (κ1) is 21.8. The molecule has 1 atom stereocenters. The summed E-state index contributed by atoms with van der Waals surface area (Å²) >= 11 is 6.05. The van der Waals surface area contributed by atoms with Crippen molar-refractivity contribution < 1.29 is 14.3 Å². The summed E-state index contributed by atoms with van der Waals surface area (Å²) in [4.78, 5) is 27.4. The quantitative estimate of drug-likeness (QED) is 0.693. The van der Waals surface area contributed by atoms with Gasteiger partial charge >= 0.3 is 0 Å². The van der Waals surface area contributed by atoms with Gasteiger partial charge in [0.2, 0.25) is 11.8 Å². The Balaban J connectivity index is 2.30. The van der Waals surface area contributed by atoms with Crippen molar-refractivity contribution in [1.82, 2.24) is 10.2 Å². The van der Waals surface area contributed by atoms with Gasteiger partial charge in [-0.2, -0.15) is 0 Å². The lowest BCUT2D eigenvalue weighted by atomic mass is 10.1. The van der Waals surface area contributed by atoms with E-state index in [1.807, 2.05) is 50.2 Å². The highest BCUT2D eigenvalue weighted by Crippen LogP contribution is 2.19. The molecule has 0 heterocycles. The molecule has 5 nitrogen and oxygen atoms in total. The molecule has 150 valence electrons. The monoisotopic (exact) mass is 402 g/mol. The van der Waals surface area contributed by atoms with Gasteiger partial charge in [0, 0.05) is 18.1 Å². The van der Waals surface area contributed by atoms with Crippen LogP contribution in [0, 0.1) is 0 Å². The SMILES string of the molecule is CCNC(=O)C(CC)N(Cc1cccc(OC)c1)C(=O)Cc1cccc(Cl)c1. The molecule has 0 spiro atoms. The molecule has 1 N–H and O–H groups in total. The van der Waals surface area contributed by atoms with Gasteiger partial charge in [-0.15, -0.1) is 0 Å². The number of likely N-dealkylation sites (N-methyl/N-ethyl adjacent to an activating group) is 1. The van der Waals surface area contributed by atoms with Crippen molar-refractivity contribution in [3.8, 4) is 5.75 Å². The van der Waals surface area contributed by atoms with Crippen LogP contribution in [-0.4, -0.2) is 36.4 Å². The van der Waals surface area contributed by atoms with Gasteiger partial charge < -0.3 is 15.0 Å². The van der Waals surface area contributed by atoms with E-state index < -0.39 is 6.04 Å². The highest BCUT2D eigenvalue weighted by atomic mass is 35.5. The molecule has 2 aromatic rings. The number of halogens is 1. The fraction of sp³-hybridized carbons (Fsp3) is 0.364. The molecule has 0 saturated carbocycles. The molecule has 0 aliphatic carbocycles. The number of hydrogen-bond acceptors (Lipinski definition) is 3. The lowest BCUT2D eigenvalue weighted by Crippen LogP contribution is -2.49. The molecular formula is C22H27ClN2O3. The zero-order chi connectivity index (χ0) is 20.5. The number of hydrogen-bond donors (Lipinski definition) is 1. The van der Waals surface area contributed by atoms with Gasteiger partial charge in [0.05, 0.1) is 13.5 Å². The number of amides is 2. The van der Waals surface area contributed by atoms with E-state index in [0.29, 0.717) is 30.3 Å². The second-order valence-electron chi connectivity index (χ2n) is 6.50. The molecule has 2 aromatic carbocycles. The lowest BCUT2D eigenvalue weighted by Gasteiger charge is -2.30. The Labute approximate surface area is 171 Å². The highest BCUT2D eigenvalue weighted by molar-refractivity contribution is 6.30. The predicted molar refractivity (Wildman–Crippen MR) is 111 cm³/mol. The maximum Gasteiger partial charge on any atom is 0.242 e. The number of methoxy groups -OCH3 is 1. The van der Waals surface area contributed by atoms with E-state index in [4.69, 9.17) is 16.3 Å². The minimum absolute atomic E-state index is 0.122. The second-order valence-corrected chi connectivity index (χ2v) is 6.93. The van der Waals surface area contributed by atoms with Gasteiger partial charge in [-0.25, -0.2) is 0 Å². The Morgan fingerprint density at radius 1 is 1.11 bits per heavy atom. The summed E-state index contributed by atoms with van der Waals surface area (Å²) in [5.74, 6) is 0.446. The summed E-state index contributed by atoms with van der Waals surface area (Å²) in [5.41, 5.74) is 1.72.